The predicted molar refractivity (Wildman–Crippen MR) is 110 cm³/mol. The van der Waals surface area contributed by atoms with Gasteiger partial charge in [-0.2, -0.15) is 5.10 Å². The average molecular weight is 395 g/mol. The van der Waals surface area contributed by atoms with E-state index in [1.165, 1.54) is 29.4 Å². The van der Waals surface area contributed by atoms with Crippen LogP contribution in [0.5, 0.6) is 5.75 Å². The molecule has 1 heterocycles. The normalized spacial score (nSPS) is 11.5. The van der Waals surface area contributed by atoms with Crippen LogP contribution in [-0.2, 0) is 11.3 Å². The molecule has 0 aliphatic carbocycles. The molecule has 152 valence electrons. The maximum absolute atomic E-state index is 12.7. The Hall–Kier alpha value is -3.35. The molecule has 0 amide bonds. The Balaban J connectivity index is 1.87. The number of benzene rings is 2. The molecule has 7 nitrogen and oxygen atoms in total. The summed E-state index contributed by atoms with van der Waals surface area (Å²) in [7, 11) is 0. The summed E-state index contributed by atoms with van der Waals surface area (Å²) < 4.78 is 8.64. The average Bonchev–Trinajstić information content (AvgIpc) is 2.99. The Morgan fingerprint density at radius 1 is 1.10 bits per heavy atom. The number of hydrogen-bond donors (Lipinski definition) is 1. The molecule has 0 saturated heterocycles. The van der Waals surface area contributed by atoms with Gasteiger partial charge in [-0.1, -0.05) is 29.8 Å². The maximum atomic E-state index is 12.7. The number of aryl methyl sites for hydroxylation is 3. The van der Waals surface area contributed by atoms with Gasteiger partial charge in [-0.25, -0.2) is 18.8 Å². The van der Waals surface area contributed by atoms with Crippen LogP contribution in [-0.4, -0.2) is 31.0 Å². The van der Waals surface area contributed by atoms with Gasteiger partial charge in [0.15, 0.2) is 5.60 Å². The summed E-state index contributed by atoms with van der Waals surface area (Å²) in [6, 6.07) is 11.4. The lowest BCUT2D eigenvalue weighted by molar-refractivity contribution is -0.152. The zero-order valence-corrected chi connectivity index (χ0v) is 17.3. The minimum absolute atomic E-state index is 0.225. The van der Waals surface area contributed by atoms with Crippen molar-refractivity contribution < 1.29 is 14.6 Å². The second kappa shape index (κ2) is 7.58. The summed E-state index contributed by atoms with van der Waals surface area (Å²) in [5.41, 5.74) is 2.82. The summed E-state index contributed by atoms with van der Waals surface area (Å²) in [6.07, 6.45) is 1.51. The van der Waals surface area contributed by atoms with E-state index in [9.17, 15) is 14.7 Å². The number of hydrogen-bond acceptors (Lipinski definition) is 4. The second-order valence-electron chi connectivity index (χ2n) is 7.75. The molecule has 0 radical (unpaired) electrons. The molecule has 2 aromatic carbocycles. The number of aliphatic carboxylic acids is 1. The second-order valence-corrected chi connectivity index (χ2v) is 7.75. The minimum Gasteiger partial charge on any atom is -0.478 e. The Bertz CT molecular complexity index is 1080. The van der Waals surface area contributed by atoms with Gasteiger partial charge < -0.3 is 9.84 Å². The SMILES string of the molecule is Cc1ccc(-n2cnn(Cc3cc(C)c(OC(C)(C)C(=O)O)c(C)c3)c2=O)cc1. The van der Waals surface area contributed by atoms with Crippen LogP contribution in [0.4, 0.5) is 0 Å². The standard InChI is InChI=1S/C22H25N3O4/c1-14-6-8-18(9-7-14)24-13-23-25(21(24)28)12-17-10-15(2)19(16(3)11-17)29-22(4,5)20(26)27/h6-11,13H,12H2,1-5H3,(H,26,27). The molecular formula is C22H25N3O4. The number of aromatic nitrogens is 3. The van der Waals surface area contributed by atoms with Crippen molar-refractivity contribution in [2.75, 3.05) is 0 Å². The largest absolute Gasteiger partial charge is 0.478 e. The number of nitrogens with zero attached hydrogens (tertiary/aromatic N) is 3. The number of rotatable bonds is 6. The van der Waals surface area contributed by atoms with E-state index in [1.807, 2.05) is 57.2 Å². The van der Waals surface area contributed by atoms with Crippen molar-refractivity contribution in [1.82, 2.24) is 14.3 Å². The fraction of sp³-hybridized carbons (Fsp3) is 0.318. The lowest BCUT2D eigenvalue weighted by atomic mass is 10.0. The fourth-order valence-electron chi connectivity index (χ4n) is 3.09. The molecule has 0 bridgehead atoms. The molecule has 7 heteroatoms. The van der Waals surface area contributed by atoms with Crippen molar-refractivity contribution in [2.45, 2.75) is 46.8 Å². The van der Waals surface area contributed by atoms with Crippen LogP contribution in [0.2, 0.25) is 0 Å². The Kier molecular flexibility index (Phi) is 5.33. The molecule has 3 rings (SSSR count). The Morgan fingerprint density at radius 2 is 1.69 bits per heavy atom. The molecule has 0 fully saturated rings. The number of carboxylic acids is 1. The summed E-state index contributed by atoms with van der Waals surface area (Å²) in [6.45, 7) is 9.04. The first-order chi connectivity index (χ1) is 13.6. The van der Waals surface area contributed by atoms with Crippen molar-refractivity contribution >= 4 is 5.97 Å². The molecular weight excluding hydrogens is 370 g/mol. The molecule has 0 aliphatic heterocycles. The van der Waals surface area contributed by atoms with Crippen LogP contribution in [0.1, 0.15) is 36.1 Å². The molecule has 0 aliphatic rings. The quantitative estimate of drug-likeness (QED) is 0.692. The Morgan fingerprint density at radius 3 is 2.24 bits per heavy atom. The topological polar surface area (TPSA) is 86.3 Å². The van der Waals surface area contributed by atoms with Crippen LogP contribution in [0.15, 0.2) is 47.5 Å². The van der Waals surface area contributed by atoms with E-state index >= 15 is 0 Å². The van der Waals surface area contributed by atoms with E-state index < -0.39 is 11.6 Å². The lowest BCUT2D eigenvalue weighted by Gasteiger charge is -2.24. The smallest absolute Gasteiger partial charge is 0.350 e. The zero-order valence-electron chi connectivity index (χ0n) is 17.3. The number of carbonyl (C=O) groups is 1. The van der Waals surface area contributed by atoms with Crippen LogP contribution in [0, 0.1) is 20.8 Å². The highest BCUT2D eigenvalue weighted by atomic mass is 16.5. The van der Waals surface area contributed by atoms with Crippen molar-refractivity contribution in [2.24, 2.45) is 0 Å². The van der Waals surface area contributed by atoms with Crippen LogP contribution < -0.4 is 10.4 Å². The zero-order chi connectivity index (χ0) is 21.3. The third-order valence-corrected chi connectivity index (χ3v) is 4.77. The fourth-order valence-corrected chi connectivity index (χ4v) is 3.09. The van der Waals surface area contributed by atoms with Crippen LogP contribution in [0.25, 0.3) is 5.69 Å². The summed E-state index contributed by atoms with van der Waals surface area (Å²) >= 11 is 0. The lowest BCUT2D eigenvalue weighted by Crippen LogP contribution is -2.38. The first-order valence-electron chi connectivity index (χ1n) is 9.32. The summed E-state index contributed by atoms with van der Waals surface area (Å²) in [5.74, 6) is -0.493. The van der Waals surface area contributed by atoms with Gasteiger partial charge in [0, 0.05) is 0 Å². The van der Waals surface area contributed by atoms with Crippen LogP contribution in [0.3, 0.4) is 0 Å². The molecule has 3 aromatic rings. The van der Waals surface area contributed by atoms with Gasteiger partial charge in [0.2, 0.25) is 0 Å². The van der Waals surface area contributed by atoms with Gasteiger partial charge in [0.25, 0.3) is 0 Å². The molecule has 1 aromatic heterocycles. The van der Waals surface area contributed by atoms with Gasteiger partial charge in [-0.3, -0.25) is 0 Å². The van der Waals surface area contributed by atoms with Crippen molar-refractivity contribution in [3.8, 4) is 11.4 Å². The Labute approximate surface area is 169 Å². The van der Waals surface area contributed by atoms with E-state index in [0.29, 0.717) is 12.3 Å². The first-order valence-corrected chi connectivity index (χ1v) is 9.32. The van der Waals surface area contributed by atoms with Gasteiger partial charge >= 0.3 is 11.7 Å². The monoisotopic (exact) mass is 395 g/mol. The third kappa shape index (κ3) is 4.23. The molecule has 1 N–H and O–H groups in total. The van der Waals surface area contributed by atoms with E-state index in [1.54, 1.807) is 0 Å². The van der Waals surface area contributed by atoms with Gasteiger partial charge in [0.05, 0.1) is 12.2 Å². The van der Waals surface area contributed by atoms with Crippen molar-refractivity contribution in [3.63, 3.8) is 0 Å². The number of ether oxygens (including phenoxy) is 1. The van der Waals surface area contributed by atoms with Crippen molar-refractivity contribution in [1.29, 1.82) is 0 Å². The number of carboxylic acid groups (broad SMARTS) is 1. The highest BCUT2D eigenvalue weighted by molar-refractivity contribution is 5.77. The van der Waals surface area contributed by atoms with Gasteiger partial charge in [-0.05, 0) is 63.4 Å². The van der Waals surface area contributed by atoms with E-state index in [2.05, 4.69) is 5.10 Å². The van der Waals surface area contributed by atoms with Gasteiger partial charge in [0.1, 0.15) is 12.1 Å². The molecule has 0 atom stereocenters. The predicted octanol–water partition coefficient (Wildman–Crippen LogP) is 3.25. The highest BCUT2D eigenvalue weighted by Crippen LogP contribution is 2.29. The summed E-state index contributed by atoms with van der Waals surface area (Å²) in [4.78, 5) is 24.1. The molecule has 0 unspecified atom stereocenters. The maximum Gasteiger partial charge on any atom is 0.350 e. The molecule has 0 saturated carbocycles. The summed E-state index contributed by atoms with van der Waals surface area (Å²) in [5, 5.41) is 13.5. The highest BCUT2D eigenvalue weighted by Gasteiger charge is 2.30. The third-order valence-electron chi connectivity index (χ3n) is 4.77. The van der Waals surface area contributed by atoms with E-state index in [0.717, 1.165) is 27.9 Å². The first kappa shape index (κ1) is 20.4. The van der Waals surface area contributed by atoms with E-state index in [4.69, 9.17) is 4.74 Å². The van der Waals surface area contributed by atoms with Crippen LogP contribution >= 0.6 is 0 Å². The van der Waals surface area contributed by atoms with E-state index in [-0.39, 0.29) is 5.69 Å². The van der Waals surface area contributed by atoms with Gasteiger partial charge in [-0.15, -0.1) is 0 Å². The minimum atomic E-state index is -1.33. The molecule has 29 heavy (non-hydrogen) atoms. The van der Waals surface area contributed by atoms with Crippen molar-refractivity contribution in [3.05, 3.63) is 75.5 Å². The molecule has 0 spiro atoms.